The third-order valence-electron chi connectivity index (χ3n) is 5.72. The van der Waals surface area contributed by atoms with Crippen LogP contribution in [0.25, 0.3) is 0 Å². The molecule has 0 aliphatic carbocycles. The van der Waals surface area contributed by atoms with Crippen molar-refractivity contribution in [3.63, 3.8) is 0 Å². The van der Waals surface area contributed by atoms with Gasteiger partial charge in [0.2, 0.25) is 5.75 Å². The summed E-state index contributed by atoms with van der Waals surface area (Å²) in [4.78, 5) is 13.7. The van der Waals surface area contributed by atoms with Crippen LogP contribution in [0.1, 0.15) is 33.9 Å². The van der Waals surface area contributed by atoms with E-state index in [-0.39, 0.29) is 11.7 Å². The van der Waals surface area contributed by atoms with Gasteiger partial charge >= 0.3 is 0 Å². The maximum absolute atomic E-state index is 13.7. The number of hydrogen-bond donors (Lipinski definition) is 1. The van der Waals surface area contributed by atoms with Crippen LogP contribution < -0.4 is 18.9 Å². The number of methoxy groups -OCH3 is 4. The van der Waals surface area contributed by atoms with Gasteiger partial charge in [0.1, 0.15) is 0 Å². The molecule has 1 N–H and O–H groups in total. The topological polar surface area (TPSA) is 89.8 Å². The Morgan fingerprint density at radius 2 is 1.53 bits per heavy atom. The minimum absolute atomic E-state index is 0.00616. The first kappa shape index (κ1) is 23.0. The van der Waals surface area contributed by atoms with Crippen molar-refractivity contribution in [2.45, 2.75) is 12.5 Å². The number of carbonyl (C=O) groups is 1. The summed E-state index contributed by atoms with van der Waals surface area (Å²) in [7, 11) is 5.98. The maximum Gasteiger partial charge on any atom is 0.274 e. The van der Waals surface area contributed by atoms with Crippen molar-refractivity contribution in [3.8, 4) is 28.7 Å². The predicted molar refractivity (Wildman–Crippen MR) is 127 cm³/mol. The minimum Gasteiger partial charge on any atom is -0.504 e. The van der Waals surface area contributed by atoms with Gasteiger partial charge in [-0.1, -0.05) is 36.4 Å². The van der Waals surface area contributed by atoms with Gasteiger partial charge in [-0.3, -0.25) is 4.79 Å². The van der Waals surface area contributed by atoms with E-state index in [1.165, 1.54) is 33.4 Å². The van der Waals surface area contributed by atoms with Crippen LogP contribution in [-0.4, -0.2) is 50.2 Å². The SMILES string of the molecule is COc1ccc(C2CC(c3ccccc3)=NN2C(=O)c2cc(OC)c(OC)c(OC)c2)cc1O. The van der Waals surface area contributed by atoms with Crippen LogP contribution in [0.3, 0.4) is 0 Å². The lowest BCUT2D eigenvalue weighted by Gasteiger charge is -2.23. The van der Waals surface area contributed by atoms with Crippen molar-refractivity contribution in [3.05, 3.63) is 77.4 Å². The summed E-state index contributed by atoms with van der Waals surface area (Å²) in [6, 6.07) is 17.5. The molecule has 1 unspecified atom stereocenters. The van der Waals surface area contributed by atoms with Gasteiger partial charge in [0.25, 0.3) is 5.91 Å². The molecule has 0 radical (unpaired) electrons. The van der Waals surface area contributed by atoms with Gasteiger partial charge in [-0.05, 0) is 35.4 Å². The smallest absolute Gasteiger partial charge is 0.274 e. The van der Waals surface area contributed by atoms with E-state index in [0.29, 0.717) is 35.0 Å². The van der Waals surface area contributed by atoms with E-state index in [9.17, 15) is 9.90 Å². The highest BCUT2D eigenvalue weighted by molar-refractivity contribution is 6.05. The Hall–Kier alpha value is -4.20. The molecule has 3 aromatic carbocycles. The number of rotatable bonds is 7. The minimum atomic E-state index is -0.432. The van der Waals surface area contributed by atoms with Crippen molar-refractivity contribution in [1.82, 2.24) is 5.01 Å². The number of hydrogen-bond acceptors (Lipinski definition) is 7. The van der Waals surface area contributed by atoms with E-state index in [4.69, 9.17) is 24.0 Å². The summed E-state index contributed by atoms with van der Waals surface area (Å²) >= 11 is 0. The molecule has 1 amide bonds. The number of carbonyl (C=O) groups excluding carboxylic acids is 1. The van der Waals surface area contributed by atoms with Crippen LogP contribution in [0.5, 0.6) is 28.7 Å². The fraction of sp³-hybridized carbons (Fsp3) is 0.231. The first-order valence-corrected chi connectivity index (χ1v) is 10.6. The normalized spacial score (nSPS) is 15.0. The van der Waals surface area contributed by atoms with Gasteiger partial charge in [-0.15, -0.1) is 0 Å². The molecule has 176 valence electrons. The number of phenolic OH excluding ortho intramolecular Hbond substituents is 1. The Labute approximate surface area is 197 Å². The quantitative estimate of drug-likeness (QED) is 0.559. The Balaban J connectivity index is 1.79. The van der Waals surface area contributed by atoms with Crippen LogP contribution in [0.15, 0.2) is 65.8 Å². The fourth-order valence-electron chi connectivity index (χ4n) is 4.01. The molecule has 0 saturated heterocycles. The highest BCUT2D eigenvalue weighted by atomic mass is 16.5. The number of aromatic hydroxyl groups is 1. The summed E-state index contributed by atoms with van der Waals surface area (Å²) in [6.45, 7) is 0. The molecule has 1 aliphatic heterocycles. The van der Waals surface area contributed by atoms with Gasteiger partial charge in [0, 0.05) is 12.0 Å². The Morgan fingerprint density at radius 3 is 2.09 bits per heavy atom. The molecule has 8 heteroatoms. The average molecular weight is 463 g/mol. The number of amides is 1. The lowest BCUT2D eigenvalue weighted by Crippen LogP contribution is -2.27. The molecule has 8 nitrogen and oxygen atoms in total. The molecule has 3 aromatic rings. The number of benzene rings is 3. The average Bonchev–Trinajstić information content (AvgIpc) is 3.33. The summed E-state index contributed by atoms with van der Waals surface area (Å²) in [5.74, 6) is 1.14. The third kappa shape index (κ3) is 4.22. The second kappa shape index (κ2) is 9.74. The lowest BCUT2D eigenvalue weighted by molar-refractivity contribution is 0.0710. The van der Waals surface area contributed by atoms with Gasteiger partial charge in [-0.25, -0.2) is 5.01 Å². The molecule has 4 rings (SSSR count). The number of nitrogens with zero attached hydrogens (tertiary/aromatic N) is 2. The number of hydrazone groups is 1. The zero-order valence-electron chi connectivity index (χ0n) is 19.4. The molecular weight excluding hydrogens is 436 g/mol. The standard InChI is InChI=1S/C26H26N2O6/c1-31-22-11-10-17(12-21(22)29)20-15-19(16-8-6-5-7-9-16)27-28(20)26(30)18-13-23(32-2)25(34-4)24(14-18)33-3/h5-14,20,29H,15H2,1-4H3. The van der Waals surface area contributed by atoms with Crippen molar-refractivity contribution in [1.29, 1.82) is 0 Å². The molecule has 1 heterocycles. The van der Waals surface area contributed by atoms with Crippen LogP contribution >= 0.6 is 0 Å². The fourth-order valence-corrected chi connectivity index (χ4v) is 4.01. The summed E-state index contributed by atoms with van der Waals surface area (Å²) < 4.78 is 21.4. The maximum atomic E-state index is 13.7. The first-order chi connectivity index (χ1) is 16.5. The van der Waals surface area contributed by atoms with Gasteiger partial charge in [0.05, 0.1) is 40.2 Å². The Kier molecular flexibility index (Phi) is 6.58. The second-order valence-corrected chi connectivity index (χ2v) is 7.63. The van der Waals surface area contributed by atoms with E-state index in [2.05, 4.69) is 0 Å². The van der Waals surface area contributed by atoms with Crippen LogP contribution in [-0.2, 0) is 0 Å². The zero-order chi connectivity index (χ0) is 24.2. The molecule has 34 heavy (non-hydrogen) atoms. The zero-order valence-corrected chi connectivity index (χ0v) is 19.4. The Bertz CT molecular complexity index is 1200. The van der Waals surface area contributed by atoms with E-state index in [0.717, 1.165) is 16.8 Å². The molecular formula is C26H26N2O6. The van der Waals surface area contributed by atoms with E-state index in [1.807, 2.05) is 36.4 Å². The van der Waals surface area contributed by atoms with Crippen molar-refractivity contribution in [2.24, 2.45) is 5.10 Å². The van der Waals surface area contributed by atoms with Crippen LogP contribution in [0, 0.1) is 0 Å². The third-order valence-corrected chi connectivity index (χ3v) is 5.72. The Morgan fingerprint density at radius 1 is 0.882 bits per heavy atom. The summed E-state index contributed by atoms with van der Waals surface area (Å²) in [5.41, 5.74) is 2.75. The molecule has 0 saturated carbocycles. The monoisotopic (exact) mass is 462 g/mol. The molecule has 0 bridgehead atoms. The summed E-state index contributed by atoms with van der Waals surface area (Å²) in [6.07, 6.45) is 0.478. The van der Waals surface area contributed by atoms with E-state index < -0.39 is 6.04 Å². The van der Waals surface area contributed by atoms with Crippen molar-refractivity contribution in [2.75, 3.05) is 28.4 Å². The van der Waals surface area contributed by atoms with Gasteiger partial charge in [0.15, 0.2) is 23.0 Å². The largest absolute Gasteiger partial charge is 0.504 e. The van der Waals surface area contributed by atoms with Crippen molar-refractivity contribution >= 4 is 11.6 Å². The van der Waals surface area contributed by atoms with E-state index >= 15 is 0 Å². The van der Waals surface area contributed by atoms with Crippen molar-refractivity contribution < 1.29 is 28.8 Å². The first-order valence-electron chi connectivity index (χ1n) is 10.6. The second-order valence-electron chi connectivity index (χ2n) is 7.63. The van der Waals surface area contributed by atoms with Gasteiger partial charge in [-0.2, -0.15) is 5.10 Å². The highest BCUT2D eigenvalue weighted by Crippen LogP contribution is 2.41. The van der Waals surface area contributed by atoms with Crippen LogP contribution in [0.2, 0.25) is 0 Å². The van der Waals surface area contributed by atoms with E-state index in [1.54, 1.807) is 24.3 Å². The van der Waals surface area contributed by atoms with Gasteiger partial charge < -0.3 is 24.1 Å². The van der Waals surface area contributed by atoms with Crippen LogP contribution in [0.4, 0.5) is 0 Å². The molecule has 1 aliphatic rings. The molecule has 0 spiro atoms. The predicted octanol–water partition coefficient (Wildman–Crippen LogP) is 4.42. The lowest BCUT2D eigenvalue weighted by atomic mass is 9.97. The molecule has 1 atom stereocenters. The summed E-state index contributed by atoms with van der Waals surface area (Å²) in [5, 5.41) is 16.5. The molecule has 0 aromatic heterocycles. The highest BCUT2D eigenvalue weighted by Gasteiger charge is 2.35. The molecule has 0 fully saturated rings. The number of ether oxygens (including phenoxy) is 4. The number of phenols is 1.